The van der Waals surface area contributed by atoms with E-state index in [1.807, 2.05) is 42.6 Å². The zero-order chi connectivity index (χ0) is 19.3. The second-order valence-electron chi connectivity index (χ2n) is 6.59. The monoisotopic (exact) mass is 373 g/mol. The quantitative estimate of drug-likeness (QED) is 0.439. The zero-order valence-electron chi connectivity index (χ0n) is 15.2. The van der Waals surface area contributed by atoms with E-state index < -0.39 is 0 Å². The summed E-state index contributed by atoms with van der Waals surface area (Å²) in [5, 5.41) is 6.81. The van der Waals surface area contributed by atoms with Crippen molar-refractivity contribution in [3.05, 3.63) is 102 Å². The molecule has 28 heavy (non-hydrogen) atoms. The number of aromatic amines is 1. The molecule has 140 valence electrons. The zero-order valence-corrected chi connectivity index (χ0v) is 15.2. The third-order valence-corrected chi connectivity index (χ3v) is 4.77. The SMILES string of the molecule is O=C(NC[C@H](c1ccccc1)c1c[nH]c2ccccc12)Nc1ccc(F)cc1. The summed E-state index contributed by atoms with van der Waals surface area (Å²) in [4.78, 5) is 15.6. The van der Waals surface area contributed by atoms with E-state index in [2.05, 4.69) is 33.8 Å². The van der Waals surface area contributed by atoms with Crippen molar-refractivity contribution in [2.24, 2.45) is 0 Å². The summed E-state index contributed by atoms with van der Waals surface area (Å²) in [5.41, 5.74) is 3.86. The highest BCUT2D eigenvalue weighted by Gasteiger charge is 2.19. The molecule has 2 amide bonds. The van der Waals surface area contributed by atoms with E-state index in [4.69, 9.17) is 0 Å². The lowest BCUT2D eigenvalue weighted by molar-refractivity contribution is 0.252. The molecule has 0 spiro atoms. The molecule has 1 heterocycles. The molecule has 0 unspecified atom stereocenters. The Hall–Kier alpha value is -3.60. The minimum Gasteiger partial charge on any atom is -0.361 e. The predicted molar refractivity (Wildman–Crippen MR) is 110 cm³/mol. The van der Waals surface area contributed by atoms with Gasteiger partial charge < -0.3 is 15.6 Å². The minimum atomic E-state index is -0.338. The van der Waals surface area contributed by atoms with Crippen LogP contribution in [0.1, 0.15) is 17.0 Å². The smallest absolute Gasteiger partial charge is 0.319 e. The number of amides is 2. The second-order valence-corrected chi connectivity index (χ2v) is 6.59. The van der Waals surface area contributed by atoms with Crippen LogP contribution in [-0.4, -0.2) is 17.6 Å². The van der Waals surface area contributed by atoms with Gasteiger partial charge in [-0.1, -0.05) is 48.5 Å². The van der Waals surface area contributed by atoms with E-state index in [9.17, 15) is 9.18 Å². The van der Waals surface area contributed by atoms with Crippen LogP contribution >= 0.6 is 0 Å². The molecule has 0 radical (unpaired) electrons. The molecule has 0 fully saturated rings. The number of carbonyl (C=O) groups excluding carboxylic acids is 1. The molecular formula is C23H20FN3O. The fourth-order valence-corrected chi connectivity index (χ4v) is 3.38. The minimum absolute atomic E-state index is 0.00341. The van der Waals surface area contributed by atoms with Gasteiger partial charge in [0.1, 0.15) is 5.82 Å². The molecule has 0 aliphatic rings. The van der Waals surface area contributed by atoms with Gasteiger partial charge >= 0.3 is 6.03 Å². The van der Waals surface area contributed by atoms with Crippen LogP contribution in [0.15, 0.2) is 85.1 Å². The Balaban J connectivity index is 1.55. The maximum Gasteiger partial charge on any atom is 0.319 e. The van der Waals surface area contributed by atoms with Crippen LogP contribution in [-0.2, 0) is 0 Å². The van der Waals surface area contributed by atoms with Gasteiger partial charge in [0.2, 0.25) is 0 Å². The van der Waals surface area contributed by atoms with Crippen molar-refractivity contribution in [1.29, 1.82) is 0 Å². The fraction of sp³-hybridized carbons (Fsp3) is 0.0870. The number of H-pyrrole nitrogens is 1. The summed E-state index contributed by atoms with van der Waals surface area (Å²) in [6, 6.07) is 23.6. The maximum atomic E-state index is 13.0. The van der Waals surface area contributed by atoms with Crippen LogP contribution in [0.2, 0.25) is 0 Å². The Morgan fingerprint density at radius 1 is 0.929 bits per heavy atom. The number of aromatic nitrogens is 1. The van der Waals surface area contributed by atoms with Crippen LogP contribution in [0.5, 0.6) is 0 Å². The molecule has 5 heteroatoms. The molecule has 3 aromatic carbocycles. The Labute approximate surface area is 162 Å². The van der Waals surface area contributed by atoms with E-state index in [1.165, 1.54) is 24.3 Å². The van der Waals surface area contributed by atoms with Crippen molar-refractivity contribution in [2.45, 2.75) is 5.92 Å². The normalized spacial score (nSPS) is 11.9. The Morgan fingerprint density at radius 2 is 1.64 bits per heavy atom. The van der Waals surface area contributed by atoms with E-state index in [0.717, 1.165) is 22.0 Å². The molecular weight excluding hydrogens is 353 g/mol. The summed E-state index contributed by atoms with van der Waals surface area (Å²) >= 11 is 0. The number of nitrogens with one attached hydrogen (secondary N) is 3. The van der Waals surface area contributed by atoms with E-state index in [1.54, 1.807) is 0 Å². The number of hydrogen-bond acceptors (Lipinski definition) is 1. The Morgan fingerprint density at radius 3 is 2.43 bits per heavy atom. The highest BCUT2D eigenvalue weighted by Crippen LogP contribution is 2.30. The number of benzene rings is 3. The molecule has 0 saturated heterocycles. The maximum absolute atomic E-state index is 13.0. The van der Waals surface area contributed by atoms with E-state index in [-0.39, 0.29) is 17.8 Å². The van der Waals surface area contributed by atoms with Gasteiger partial charge in [-0.2, -0.15) is 0 Å². The highest BCUT2D eigenvalue weighted by molar-refractivity contribution is 5.89. The Bertz CT molecular complexity index is 1070. The first-order chi connectivity index (χ1) is 13.7. The van der Waals surface area contributed by atoms with Crippen molar-refractivity contribution in [3.63, 3.8) is 0 Å². The Kier molecular flexibility index (Phi) is 5.06. The third kappa shape index (κ3) is 3.88. The molecule has 0 aliphatic carbocycles. The lowest BCUT2D eigenvalue weighted by Crippen LogP contribution is -2.32. The van der Waals surface area contributed by atoms with Gasteiger partial charge in [0.05, 0.1) is 0 Å². The first kappa shape index (κ1) is 17.8. The van der Waals surface area contributed by atoms with Gasteiger partial charge in [0, 0.05) is 35.2 Å². The van der Waals surface area contributed by atoms with Gasteiger partial charge in [-0.3, -0.25) is 0 Å². The second kappa shape index (κ2) is 7.96. The van der Waals surface area contributed by atoms with E-state index in [0.29, 0.717) is 12.2 Å². The summed E-state index contributed by atoms with van der Waals surface area (Å²) < 4.78 is 13.0. The number of anilines is 1. The van der Waals surface area contributed by atoms with Crippen LogP contribution < -0.4 is 10.6 Å². The van der Waals surface area contributed by atoms with Gasteiger partial charge in [0.15, 0.2) is 0 Å². The molecule has 4 rings (SSSR count). The molecule has 4 nitrogen and oxygen atoms in total. The van der Waals surface area contributed by atoms with Crippen molar-refractivity contribution in [2.75, 3.05) is 11.9 Å². The molecule has 1 atom stereocenters. The molecule has 1 aromatic heterocycles. The topological polar surface area (TPSA) is 56.9 Å². The standard InChI is InChI=1S/C23H20FN3O/c24-17-10-12-18(13-11-17)27-23(28)26-14-20(16-6-2-1-3-7-16)21-15-25-22-9-5-4-8-19(21)22/h1-13,15,20,25H,14H2,(H2,26,27,28)/t20-/m1/s1. The number of hydrogen-bond donors (Lipinski definition) is 3. The van der Waals surface area contributed by atoms with E-state index >= 15 is 0 Å². The molecule has 0 aliphatic heterocycles. The van der Waals surface area contributed by atoms with Crippen LogP contribution in [0, 0.1) is 5.82 Å². The lowest BCUT2D eigenvalue weighted by Gasteiger charge is -2.18. The first-order valence-electron chi connectivity index (χ1n) is 9.12. The van der Waals surface area contributed by atoms with Crippen molar-refractivity contribution in [1.82, 2.24) is 10.3 Å². The largest absolute Gasteiger partial charge is 0.361 e. The van der Waals surface area contributed by atoms with Gasteiger partial charge in [0.25, 0.3) is 0 Å². The van der Waals surface area contributed by atoms with Crippen molar-refractivity contribution >= 4 is 22.6 Å². The number of para-hydroxylation sites is 1. The van der Waals surface area contributed by atoms with Gasteiger partial charge in [-0.15, -0.1) is 0 Å². The third-order valence-electron chi connectivity index (χ3n) is 4.77. The van der Waals surface area contributed by atoms with Gasteiger partial charge in [-0.25, -0.2) is 9.18 Å². The number of carbonyl (C=O) groups is 1. The number of rotatable bonds is 5. The summed E-state index contributed by atoms with van der Waals surface area (Å²) in [6.07, 6.45) is 2.00. The first-order valence-corrected chi connectivity index (χ1v) is 9.12. The lowest BCUT2D eigenvalue weighted by atomic mass is 9.91. The number of urea groups is 1. The predicted octanol–water partition coefficient (Wildman–Crippen LogP) is 5.26. The van der Waals surface area contributed by atoms with Crippen LogP contribution in [0.4, 0.5) is 14.9 Å². The van der Waals surface area contributed by atoms with Crippen LogP contribution in [0.25, 0.3) is 10.9 Å². The summed E-state index contributed by atoms with van der Waals surface area (Å²) in [6.45, 7) is 0.429. The molecule has 0 saturated carbocycles. The number of halogens is 1. The molecule has 0 bridgehead atoms. The van der Waals surface area contributed by atoms with Crippen LogP contribution in [0.3, 0.4) is 0 Å². The summed E-state index contributed by atoms with van der Waals surface area (Å²) in [7, 11) is 0. The van der Waals surface area contributed by atoms with Crippen molar-refractivity contribution < 1.29 is 9.18 Å². The molecule has 4 aromatic rings. The average Bonchev–Trinajstić information content (AvgIpc) is 3.15. The summed E-state index contributed by atoms with van der Waals surface area (Å²) in [5.74, 6) is -0.342. The molecule has 3 N–H and O–H groups in total. The number of fused-ring (bicyclic) bond motifs is 1. The highest BCUT2D eigenvalue weighted by atomic mass is 19.1. The van der Waals surface area contributed by atoms with Crippen molar-refractivity contribution in [3.8, 4) is 0 Å². The average molecular weight is 373 g/mol. The van der Waals surface area contributed by atoms with Gasteiger partial charge in [-0.05, 0) is 41.5 Å². The fourth-order valence-electron chi connectivity index (χ4n) is 3.38.